The van der Waals surface area contributed by atoms with Crippen molar-refractivity contribution >= 4 is 11.9 Å². The molecule has 1 fully saturated rings. The molecule has 0 aromatic rings. The number of rotatable bonds is 1. The van der Waals surface area contributed by atoms with E-state index in [2.05, 4.69) is 0 Å². The summed E-state index contributed by atoms with van der Waals surface area (Å²) in [5, 5.41) is 8.76. The molecule has 1 aliphatic heterocycles. The highest BCUT2D eigenvalue weighted by Gasteiger charge is 2.29. The molecule has 0 saturated carbocycles. The van der Waals surface area contributed by atoms with Crippen molar-refractivity contribution in [1.29, 1.82) is 0 Å². The number of hydrogen-bond acceptors (Lipinski definition) is 2. The number of carbonyl (C=O) groups is 2. The molecule has 0 aromatic heterocycles. The summed E-state index contributed by atoms with van der Waals surface area (Å²) in [6.45, 7) is 6.01. The summed E-state index contributed by atoms with van der Waals surface area (Å²) < 4.78 is 0. The molecule has 1 amide bonds. The summed E-state index contributed by atoms with van der Waals surface area (Å²) in [6.07, 6.45) is 2.42. The molecular weight excluding hydrogens is 182 g/mol. The smallest absolute Gasteiger partial charge is 0.326 e. The Bertz CT molecular complexity index is 182. The summed E-state index contributed by atoms with van der Waals surface area (Å²) in [5.74, 6) is -1.02. The first-order valence-electron chi connectivity index (χ1n) is 5.13. The zero-order chi connectivity index (χ0) is 11.1. The molecule has 1 aliphatic rings. The van der Waals surface area contributed by atoms with Crippen LogP contribution < -0.4 is 0 Å². The second kappa shape index (κ2) is 6.40. The third-order valence-corrected chi connectivity index (χ3v) is 2.19. The lowest BCUT2D eigenvalue weighted by Crippen LogP contribution is -2.46. The van der Waals surface area contributed by atoms with Crippen molar-refractivity contribution in [3.05, 3.63) is 0 Å². The van der Waals surface area contributed by atoms with Gasteiger partial charge in [0.2, 0.25) is 5.91 Å². The number of likely N-dealkylation sites (tertiary alicyclic amines) is 1. The molecule has 0 bridgehead atoms. The van der Waals surface area contributed by atoms with Crippen LogP contribution in [-0.4, -0.2) is 34.5 Å². The van der Waals surface area contributed by atoms with E-state index in [9.17, 15) is 9.59 Å². The van der Waals surface area contributed by atoms with Crippen molar-refractivity contribution in [2.75, 3.05) is 6.54 Å². The molecule has 82 valence electrons. The third kappa shape index (κ3) is 3.36. The number of carboxylic acids is 1. The monoisotopic (exact) mass is 201 g/mol. The van der Waals surface area contributed by atoms with Crippen molar-refractivity contribution in [2.45, 2.75) is 46.1 Å². The van der Waals surface area contributed by atoms with E-state index in [1.54, 1.807) is 0 Å². The van der Waals surface area contributed by atoms with Gasteiger partial charge in [-0.1, -0.05) is 13.8 Å². The predicted molar refractivity (Wildman–Crippen MR) is 54.0 cm³/mol. The lowest BCUT2D eigenvalue weighted by atomic mass is 10.0. The van der Waals surface area contributed by atoms with Crippen LogP contribution in [-0.2, 0) is 9.59 Å². The second-order valence-corrected chi connectivity index (χ2v) is 3.06. The zero-order valence-corrected chi connectivity index (χ0v) is 9.12. The van der Waals surface area contributed by atoms with Gasteiger partial charge in [-0.15, -0.1) is 0 Å². The Morgan fingerprint density at radius 2 is 1.86 bits per heavy atom. The Labute approximate surface area is 84.9 Å². The Hall–Kier alpha value is -1.06. The number of amides is 1. The average Bonchev–Trinajstić information content (AvgIpc) is 2.20. The van der Waals surface area contributed by atoms with Crippen molar-refractivity contribution in [2.24, 2.45) is 0 Å². The highest BCUT2D eigenvalue weighted by atomic mass is 16.4. The SMILES string of the molecule is CC.CC(=O)N1CCCC[C@H]1C(=O)O. The molecule has 1 N–H and O–H groups in total. The minimum atomic E-state index is -0.884. The van der Waals surface area contributed by atoms with E-state index >= 15 is 0 Å². The van der Waals surface area contributed by atoms with Gasteiger partial charge in [-0.2, -0.15) is 0 Å². The summed E-state index contributed by atoms with van der Waals surface area (Å²) in [7, 11) is 0. The van der Waals surface area contributed by atoms with Gasteiger partial charge in [0.05, 0.1) is 0 Å². The molecule has 0 unspecified atom stereocenters. The van der Waals surface area contributed by atoms with E-state index in [1.807, 2.05) is 13.8 Å². The molecular formula is C10H19NO3. The highest BCUT2D eigenvalue weighted by Crippen LogP contribution is 2.16. The second-order valence-electron chi connectivity index (χ2n) is 3.06. The summed E-state index contributed by atoms with van der Waals surface area (Å²) in [5.41, 5.74) is 0. The Balaban J connectivity index is 0.000000791. The fourth-order valence-electron chi connectivity index (χ4n) is 1.57. The quantitative estimate of drug-likeness (QED) is 0.699. The maximum Gasteiger partial charge on any atom is 0.326 e. The highest BCUT2D eigenvalue weighted by molar-refractivity contribution is 5.82. The largest absolute Gasteiger partial charge is 0.480 e. The minimum absolute atomic E-state index is 0.137. The van der Waals surface area contributed by atoms with Crippen LogP contribution in [0, 0.1) is 0 Å². The fourth-order valence-corrected chi connectivity index (χ4v) is 1.57. The number of nitrogens with zero attached hydrogens (tertiary/aromatic N) is 1. The van der Waals surface area contributed by atoms with E-state index in [1.165, 1.54) is 11.8 Å². The minimum Gasteiger partial charge on any atom is -0.480 e. The maximum atomic E-state index is 11.0. The number of aliphatic carboxylic acids is 1. The van der Waals surface area contributed by atoms with Crippen LogP contribution in [0.4, 0.5) is 0 Å². The molecule has 0 aliphatic carbocycles. The van der Waals surface area contributed by atoms with Gasteiger partial charge in [0.25, 0.3) is 0 Å². The first-order chi connectivity index (χ1) is 6.63. The van der Waals surface area contributed by atoms with Gasteiger partial charge in [-0.05, 0) is 19.3 Å². The van der Waals surface area contributed by atoms with Crippen molar-refractivity contribution in [3.8, 4) is 0 Å². The molecule has 1 rings (SSSR count). The molecule has 0 radical (unpaired) electrons. The molecule has 14 heavy (non-hydrogen) atoms. The van der Waals surface area contributed by atoms with Gasteiger partial charge in [-0.3, -0.25) is 4.79 Å². The zero-order valence-electron chi connectivity index (χ0n) is 9.12. The topological polar surface area (TPSA) is 57.6 Å². The normalized spacial score (nSPS) is 20.8. The first-order valence-corrected chi connectivity index (χ1v) is 5.13. The van der Waals surface area contributed by atoms with Crippen LogP contribution in [0.5, 0.6) is 0 Å². The van der Waals surface area contributed by atoms with Crippen LogP contribution in [0.3, 0.4) is 0 Å². The summed E-state index contributed by atoms with van der Waals surface area (Å²) >= 11 is 0. The molecule has 1 heterocycles. The third-order valence-electron chi connectivity index (χ3n) is 2.19. The van der Waals surface area contributed by atoms with Gasteiger partial charge in [-0.25, -0.2) is 4.79 Å². The lowest BCUT2D eigenvalue weighted by Gasteiger charge is -2.31. The molecule has 1 atom stereocenters. The van der Waals surface area contributed by atoms with Gasteiger partial charge < -0.3 is 10.0 Å². The maximum absolute atomic E-state index is 11.0. The van der Waals surface area contributed by atoms with Gasteiger partial charge in [0, 0.05) is 13.5 Å². The summed E-state index contributed by atoms with van der Waals surface area (Å²) in [6, 6.07) is -0.587. The summed E-state index contributed by atoms with van der Waals surface area (Å²) in [4.78, 5) is 23.1. The Morgan fingerprint density at radius 3 is 2.21 bits per heavy atom. The average molecular weight is 201 g/mol. The van der Waals surface area contributed by atoms with Gasteiger partial charge in [0.1, 0.15) is 6.04 Å². The van der Waals surface area contributed by atoms with Crippen molar-refractivity contribution in [3.63, 3.8) is 0 Å². The first kappa shape index (κ1) is 12.9. The molecule has 4 nitrogen and oxygen atoms in total. The standard InChI is InChI=1S/C8H13NO3.C2H6/c1-6(10)9-5-3-2-4-7(9)8(11)12;1-2/h7H,2-5H2,1H3,(H,11,12);1-2H3/t7-;/m0./s1. The predicted octanol–water partition coefficient (Wildman–Crippen LogP) is 1.50. The van der Waals surface area contributed by atoms with E-state index in [0.717, 1.165) is 12.8 Å². The number of hydrogen-bond donors (Lipinski definition) is 1. The number of piperidine rings is 1. The van der Waals surface area contributed by atoms with E-state index in [4.69, 9.17) is 5.11 Å². The van der Waals surface area contributed by atoms with Gasteiger partial charge in [0.15, 0.2) is 0 Å². The van der Waals surface area contributed by atoms with E-state index in [-0.39, 0.29) is 5.91 Å². The Kier molecular flexibility index (Phi) is 5.92. The lowest BCUT2D eigenvalue weighted by molar-refractivity contribution is -0.151. The van der Waals surface area contributed by atoms with Crippen LogP contribution in [0.2, 0.25) is 0 Å². The van der Waals surface area contributed by atoms with Crippen LogP contribution in [0.25, 0.3) is 0 Å². The molecule has 0 aromatic carbocycles. The number of carboxylic acid groups (broad SMARTS) is 1. The van der Waals surface area contributed by atoms with E-state index < -0.39 is 12.0 Å². The molecule has 1 saturated heterocycles. The number of carbonyl (C=O) groups excluding carboxylic acids is 1. The van der Waals surface area contributed by atoms with E-state index in [0.29, 0.717) is 13.0 Å². The Morgan fingerprint density at radius 1 is 1.29 bits per heavy atom. The molecule has 4 heteroatoms. The molecule has 0 spiro atoms. The van der Waals surface area contributed by atoms with Crippen molar-refractivity contribution < 1.29 is 14.7 Å². The van der Waals surface area contributed by atoms with Crippen LogP contribution in [0.1, 0.15) is 40.0 Å². The fraction of sp³-hybridized carbons (Fsp3) is 0.800. The van der Waals surface area contributed by atoms with Crippen molar-refractivity contribution in [1.82, 2.24) is 4.90 Å². The van der Waals surface area contributed by atoms with Crippen LogP contribution >= 0.6 is 0 Å². The van der Waals surface area contributed by atoms with Crippen LogP contribution in [0.15, 0.2) is 0 Å². The van der Waals surface area contributed by atoms with Gasteiger partial charge >= 0.3 is 5.97 Å².